The van der Waals surface area contributed by atoms with Crippen molar-refractivity contribution in [3.63, 3.8) is 0 Å². The molecule has 1 aromatic carbocycles. The Morgan fingerprint density at radius 3 is 1.87 bits per heavy atom. The van der Waals surface area contributed by atoms with Crippen molar-refractivity contribution in [3.05, 3.63) is 35.9 Å². The van der Waals surface area contributed by atoms with E-state index in [0.29, 0.717) is 0 Å². The Kier molecular flexibility index (Phi) is 10.3. The van der Waals surface area contributed by atoms with Crippen molar-refractivity contribution in [1.29, 1.82) is 0 Å². The highest BCUT2D eigenvalue weighted by Gasteiger charge is 1.94. The molecule has 1 rings (SSSR count). The van der Waals surface area contributed by atoms with Crippen LogP contribution < -0.4 is 0 Å². The number of Topliss-reactive ketones (excluding diaryl/α,β-unsaturated/α-hetero) is 1. The molecule has 1 nitrogen and oxygen atoms in total. The Morgan fingerprint density at radius 2 is 1.53 bits per heavy atom. The van der Waals surface area contributed by atoms with Crippen LogP contribution in [0.3, 0.4) is 0 Å². The molecular formula is C14H24O. The molecule has 0 fully saturated rings. The Bertz CT molecular complexity index is 245. The first-order valence-corrected chi connectivity index (χ1v) is 5.03. The average Bonchev–Trinajstić information content (AvgIpc) is 2.03. The van der Waals surface area contributed by atoms with Gasteiger partial charge >= 0.3 is 0 Å². The molecule has 0 N–H and O–H groups in total. The van der Waals surface area contributed by atoms with Crippen LogP contribution in [-0.2, 0) is 11.2 Å². The van der Waals surface area contributed by atoms with Crippen molar-refractivity contribution in [3.8, 4) is 0 Å². The lowest BCUT2D eigenvalue weighted by molar-refractivity contribution is -0.114. The van der Waals surface area contributed by atoms with Crippen molar-refractivity contribution in [2.24, 2.45) is 5.92 Å². The zero-order chi connectivity index (χ0) is 11.0. The summed E-state index contributed by atoms with van der Waals surface area (Å²) in [6.45, 7) is 7.54. The number of ketones is 1. The van der Waals surface area contributed by atoms with Gasteiger partial charge < -0.3 is 4.79 Å². The molecule has 0 amide bonds. The first-order valence-electron chi connectivity index (χ1n) is 5.03. The van der Waals surface area contributed by atoms with E-state index in [1.54, 1.807) is 0 Å². The maximum atomic E-state index is 9.44. The number of hydrogen-bond donors (Lipinski definition) is 0. The van der Waals surface area contributed by atoms with Crippen LogP contribution in [0, 0.1) is 5.92 Å². The molecule has 0 aliphatic carbocycles. The number of benzene rings is 1. The predicted octanol–water partition coefficient (Wildman–Crippen LogP) is 4.12. The fourth-order valence-corrected chi connectivity index (χ4v) is 1.09. The standard InChI is InChI=1S/C10H14.C3H6O.CH4/c1-9(2)8-10-6-4-3-5-7-10;1-3(2)4;/h3-7,9H,8H2,1-2H3;1-2H3;1H4. The van der Waals surface area contributed by atoms with Crippen LogP contribution in [0.4, 0.5) is 0 Å². The first kappa shape index (κ1) is 16.3. The largest absolute Gasteiger partial charge is 0.300 e. The van der Waals surface area contributed by atoms with E-state index in [1.807, 2.05) is 0 Å². The zero-order valence-corrected chi connectivity index (χ0v) is 9.58. The van der Waals surface area contributed by atoms with E-state index in [1.165, 1.54) is 25.8 Å². The maximum Gasteiger partial charge on any atom is 0.126 e. The summed E-state index contributed by atoms with van der Waals surface area (Å²) >= 11 is 0. The average molecular weight is 208 g/mol. The zero-order valence-electron chi connectivity index (χ0n) is 9.58. The molecule has 0 radical (unpaired) electrons. The molecular weight excluding hydrogens is 184 g/mol. The lowest BCUT2D eigenvalue weighted by Crippen LogP contribution is -1.92. The molecule has 86 valence electrons. The molecule has 0 heterocycles. The van der Waals surface area contributed by atoms with Gasteiger partial charge in [0.1, 0.15) is 5.78 Å². The molecule has 0 aromatic heterocycles. The summed E-state index contributed by atoms with van der Waals surface area (Å²) in [7, 11) is 0. The van der Waals surface area contributed by atoms with Gasteiger partial charge in [-0.3, -0.25) is 0 Å². The third-order valence-corrected chi connectivity index (χ3v) is 1.49. The summed E-state index contributed by atoms with van der Waals surface area (Å²) < 4.78 is 0. The van der Waals surface area contributed by atoms with Crippen molar-refractivity contribution in [2.75, 3.05) is 0 Å². The Labute approximate surface area is 94.5 Å². The van der Waals surface area contributed by atoms with Crippen LogP contribution >= 0.6 is 0 Å². The first-order chi connectivity index (χ1) is 6.52. The minimum absolute atomic E-state index is 0. The molecule has 15 heavy (non-hydrogen) atoms. The maximum absolute atomic E-state index is 9.44. The molecule has 0 saturated heterocycles. The van der Waals surface area contributed by atoms with E-state index in [9.17, 15) is 4.79 Å². The molecule has 1 heteroatoms. The van der Waals surface area contributed by atoms with Gasteiger partial charge in [0, 0.05) is 0 Å². The monoisotopic (exact) mass is 208 g/mol. The summed E-state index contributed by atoms with van der Waals surface area (Å²) in [4.78, 5) is 9.44. The van der Waals surface area contributed by atoms with Crippen LogP contribution in [0.15, 0.2) is 30.3 Å². The molecule has 0 atom stereocenters. The van der Waals surface area contributed by atoms with E-state index in [2.05, 4.69) is 44.2 Å². The van der Waals surface area contributed by atoms with E-state index in [-0.39, 0.29) is 13.2 Å². The van der Waals surface area contributed by atoms with E-state index >= 15 is 0 Å². The summed E-state index contributed by atoms with van der Waals surface area (Å²) in [6.07, 6.45) is 1.20. The highest BCUT2D eigenvalue weighted by Crippen LogP contribution is 2.05. The van der Waals surface area contributed by atoms with Crippen LogP contribution in [0.25, 0.3) is 0 Å². The molecule has 0 saturated carbocycles. The molecule has 0 unspecified atom stereocenters. The third kappa shape index (κ3) is 12.9. The fraction of sp³-hybridized carbons (Fsp3) is 0.500. The van der Waals surface area contributed by atoms with Crippen molar-refractivity contribution < 1.29 is 4.79 Å². The Morgan fingerprint density at radius 1 is 1.13 bits per heavy atom. The Hall–Kier alpha value is -1.11. The topological polar surface area (TPSA) is 17.1 Å². The number of hydrogen-bond acceptors (Lipinski definition) is 1. The molecule has 0 aliphatic heterocycles. The normalized spacial score (nSPS) is 8.60. The van der Waals surface area contributed by atoms with E-state index < -0.39 is 0 Å². The van der Waals surface area contributed by atoms with Crippen LogP contribution in [-0.4, -0.2) is 5.78 Å². The van der Waals surface area contributed by atoms with Gasteiger partial charge in [0.05, 0.1) is 0 Å². The van der Waals surface area contributed by atoms with Crippen LogP contribution in [0.1, 0.15) is 40.7 Å². The molecule has 0 spiro atoms. The van der Waals surface area contributed by atoms with Gasteiger partial charge in [-0.15, -0.1) is 0 Å². The van der Waals surface area contributed by atoms with Gasteiger partial charge in [-0.25, -0.2) is 0 Å². The fourth-order valence-electron chi connectivity index (χ4n) is 1.09. The molecule has 0 aliphatic rings. The minimum Gasteiger partial charge on any atom is -0.300 e. The predicted molar refractivity (Wildman–Crippen MR) is 68.1 cm³/mol. The van der Waals surface area contributed by atoms with Gasteiger partial charge in [-0.1, -0.05) is 51.6 Å². The lowest BCUT2D eigenvalue weighted by Gasteiger charge is -2.02. The van der Waals surface area contributed by atoms with Gasteiger partial charge in [0.2, 0.25) is 0 Å². The van der Waals surface area contributed by atoms with Crippen molar-refractivity contribution in [2.45, 2.75) is 41.5 Å². The highest BCUT2D eigenvalue weighted by atomic mass is 16.1. The third-order valence-electron chi connectivity index (χ3n) is 1.49. The van der Waals surface area contributed by atoms with Gasteiger partial charge in [-0.05, 0) is 31.7 Å². The second-order valence-corrected chi connectivity index (χ2v) is 3.99. The second kappa shape index (κ2) is 9.45. The summed E-state index contributed by atoms with van der Waals surface area (Å²) in [5, 5.41) is 0. The van der Waals surface area contributed by atoms with Crippen molar-refractivity contribution >= 4 is 5.78 Å². The lowest BCUT2D eigenvalue weighted by atomic mass is 10.0. The van der Waals surface area contributed by atoms with Crippen molar-refractivity contribution in [1.82, 2.24) is 0 Å². The summed E-state index contributed by atoms with van der Waals surface area (Å²) in [5.41, 5.74) is 1.44. The SMILES string of the molecule is C.CC(C)=O.CC(C)Cc1ccccc1. The Balaban J connectivity index is 0. The smallest absolute Gasteiger partial charge is 0.126 e. The van der Waals surface area contributed by atoms with Crippen LogP contribution in [0.5, 0.6) is 0 Å². The number of carbonyl (C=O) groups excluding carboxylic acids is 1. The van der Waals surface area contributed by atoms with Gasteiger partial charge in [0.15, 0.2) is 0 Å². The number of rotatable bonds is 2. The second-order valence-electron chi connectivity index (χ2n) is 3.99. The van der Waals surface area contributed by atoms with Gasteiger partial charge in [0.25, 0.3) is 0 Å². The van der Waals surface area contributed by atoms with E-state index in [0.717, 1.165) is 5.92 Å². The minimum atomic E-state index is 0. The summed E-state index contributed by atoms with van der Waals surface area (Å²) in [5.74, 6) is 0.933. The highest BCUT2D eigenvalue weighted by molar-refractivity contribution is 5.72. The molecule has 1 aromatic rings. The van der Waals surface area contributed by atoms with E-state index in [4.69, 9.17) is 0 Å². The summed E-state index contributed by atoms with van der Waals surface area (Å²) in [6, 6.07) is 10.6. The number of carbonyl (C=O) groups is 1. The van der Waals surface area contributed by atoms with Crippen LogP contribution in [0.2, 0.25) is 0 Å². The molecule has 0 bridgehead atoms. The quantitative estimate of drug-likeness (QED) is 0.714. The van der Waals surface area contributed by atoms with Gasteiger partial charge in [-0.2, -0.15) is 0 Å².